The van der Waals surface area contributed by atoms with Crippen LogP contribution in [-0.4, -0.2) is 9.97 Å². The van der Waals surface area contributed by atoms with Crippen LogP contribution in [0.5, 0.6) is 0 Å². The summed E-state index contributed by atoms with van der Waals surface area (Å²) in [5.74, 6) is 0.706. The van der Waals surface area contributed by atoms with Crippen LogP contribution in [0.4, 0.5) is 17.1 Å². The zero-order valence-corrected chi connectivity index (χ0v) is 27.7. The van der Waals surface area contributed by atoms with Crippen molar-refractivity contribution in [3.8, 4) is 56.2 Å². The van der Waals surface area contributed by atoms with E-state index < -0.39 is 0 Å². The molecule has 3 nitrogen and oxygen atoms in total. The molecule has 51 heavy (non-hydrogen) atoms. The number of para-hydroxylation sites is 1. The molecule has 0 radical (unpaired) electrons. The van der Waals surface area contributed by atoms with E-state index in [1.165, 1.54) is 49.5 Å². The first kappa shape index (κ1) is 29.1. The highest BCUT2D eigenvalue weighted by Gasteiger charge is 2.27. The number of aromatic nitrogens is 2. The van der Waals surface area contributed by atoms with Gasteiger partial charge in [-0.3, -0.25) is 0 Å². The van der Waals surface area contributed by atoms with Crippen molar-refractivity contribution in [3.63, 3.8) is 0 Å². The van der Waals surface area contributed by atoms with E-state index in [-0.39, 0.29) is 0 Å². The Morgan fingerprint density at radius 2 is 0.980 bits per heavy atom. The summed E-state index contributed by atoms with van der Waals surface area (Å²) in [6, 6.07) is 66.8. The number of fused-ring (bicyclic) bond motifs is 3. The fourth-order valence-electron chi connectivity index (χ4n) is 7.57. The number of anilines is 3. The minimum atomic E-state index is 0.706. The first-order chi connectivity index (χ1) is 25.3. The summed E-state index contributed by atoms with van der Waals surface area (Å²) < 4.78 is 0. The lowest BCUT2D eigenvalue weighted by Gasteiger charge is -2.34. The first-order valence-corrected chi connectivity index (χ1v) is 17.3. The van der Waals surface area contributed by atoms with Crippen LogP contribution >= 0.6 is 0 Å². The lowest BCUT2D eigenvalue weighted by atomic mass is 9.87. The third-order valence-corrected chi connectivity index (χ3v) is 9.99. The molecule has 2 heterocycles. The zero-order chi connectivity index (χ0) is 33.7. The van der Waals surface area contributed by atoms with Gasteiger partial charge in [0.1, 0.15) is 0 Å². The predicted octanol–water partition coefficient (Wildman–Crippen LogP) is 12.9. The van der Waals surface area contributed by atoms with Gasteiger partial charge in [0.25, 0.3) is 0 Å². The number of hydrogen-bond donors (Lipinski definition) is 0. The van der Waals surface area contributed by atoms with Gasteiger partial charge in [0.2, 0.25) is 0 Å². The van der Waals surface area contributed by atoms with Gasteiger partial charge >= 0.3 is 0 Å². The Labute approximate surface area is 296 Å². The fraction of sp³-hybridized carbons (Fsp3) is 0. The van der Waals surface area contributed by atoms with Gasteiger partial charge < -0.3 is 4.90 Å². The molecule has 1 aliphatic rings. The average molecular weight is 650 g/mol. The average Bonchev–Trinajstić information content (AvgIpc) is 3.21. The summed E-state index contributed by atoms with van der Waals surface area (Å²) in [4.78, 5) is 12.7. The maximum Gasteiger partial charge on any atom is 0.160 e. The molecule has 8 aromatic carbocycles. The predicted molar refractivity (Wildman–Crippen MR) is 212 cm³/mol. The van der Waals surface area contributed by atoms with Gasteiger partial charge in [-0.25, -0.2) is 9.97 Å². The molecule has 3 heteroatoms. The molecule has 0 fully saturated rings. The molecular formula is C48H31N3. The Hall–Kier alpha value is -6.84. The van der Waals surface area contributed by atoms with Crippen molar-refractivity contribution in [3.05, 3.63) is 188 Å². The Bertz CT molecular complexity index is 2740. The van der Waals surface area contributed by atoms with Gasteiger partial charge in [0.05, 0.1) is 22.8 Å². The highest BCUT2D eigenvalue weighted by Crippen LogP contribution is 2.53. The van der Waals surface area contributed by atoms with E-state index in [9.17, 15) is 0 Å². The molecule has 0 atom stereocenters. The highest BCUT2D eigenvalue weighted by atomic mass is 15.2. The Kier molecular flexibility index (Phi) is 6.81. The van der Waals surface area contributed by atoms with Gasteiger partial charge in [-0.2, -0.15) is 0 Å². The smallest absolute Gasteiger partial charge is 0.160 e. The van der Waals surface area contributed by atoms with Crippen LogP contribution in [0.25, 0.3) is 77.7 Å². The van der Waals surface area contributed by atoms with Crippen LogP contribution < -0.4 is 4.90 Å². The van der Waals surface area contributed by atoms with Gasteiger partial charge in [0, 0.05) is 33.3 Å². The third kappa shape index (κ3) is 4.98. The van der Waals surface area contributed by atoms with Crippen molar-refractivity contribution in [2.45, 2.75) is 0 Å². The molecule has 0 N–H and O–H groups in total. The standard InChI is InChI=1S/C48H31N3/c1-4-14-33(15-5-1)39-27-28-45-47-41(39)21-12-22-42(47)40-26-25-37(30-46(40)51(45)38-19-8-3-9-20-38)44-31-43(49-48(50-44)34-16-6-2-7-17-34)36-24-23-32-13-10-11-18-35(32)29-36/h1-31H. The minimum Gasteiger partial charge on any atom is -0.309 e. The molecule has 0 saturated heterocycles. The topological polar surface area (TPSA) is 29.0 Å². The van der Waals surface area contributed by atoms with Crippen molar-refractivity contribution in [2.24, 2.45) is 0 Å². The van der Waals surface area contributed by atoms with E-state index in [1.807, 2.05) is 18.2 Å². The molecule has 1 aliphatic heterocycles. The van der Waals surface area contributed by atoms with Crippen LogP contribution in [0, 0.1) is 0 Å². The molecule has 10 rings (SSSR count). The number of benzene rings is 8. The number of rotatable bonds is 5. The molecule has 9 aromatic rings. The van der Waals surface area contributed by atoms with E-state index in [0.29, 0.717) is 5.82 Å². The summed E-state index contributed by atoms with van der Waals surface area (Å²) in [7, 11) is 0. The zero-order valence-electron chi connectivity index (χ0n) is 27.7. The normalized spacial score (nSPS) is 11.9. The third-order valence-electron chi connectivity index (χ3n) is 9.99. The SMILES string of the molecule is c1ccc(-c2nc(-c3ccc4c(c3)N(c3ccccc3)c3ccc(-c5ccccc5)c5cccc-4c35)cc(-c3ccc4ccccc4c3)n2)cc1. The molecule has 0 saturated carbocycles. The molecular weight excluding hydrogens is 619 g/mol. The first-order valence-electron chi connectivity index (χ1n) is 17.3. The molecule has 0 bridgehead atoms. The van der Waals surface area contributed by atoms with Crippen LogP contribution in [-0.2, 0) is 0 Å². The molecule has 0 unspecified atom stereocenters. The molecule has 0 spiro atoms. The van der Waals surface area contributed by atoms with Gasteiger partial charge in [0.15, 0.2) is 5.82 Å². The largest absolute Gasteiger partial charge is 0.309 e. The molecule has 0 aliphatic carbocycles. The second-order valence-corrected chi connectivity index (χ2v) is 13.0. The highest BCUT2D eigenvalue weighted by molar-refractivity contribution is 6.17. The number of nitrogens with zero attached hydrogens (tertiary/aromatic N) is 3. The molecule has 238 valence electrons. The molecule has 1 aromatic heterocycles. The second kappa shape index (κ2) is 11.9. The van der Waals surface area contributed by atoms with Gasteiger partial charge in [-0.15, -0.1) is 0 Å². The van der Waals surface area contributed by atoms with Crippen LogP contribution in [0.1, 0.15) is 0 Å². The number of hydrogen-bond acceptors (Lipinski definition) is 3. The lowest BCUT2D eigenvalue weighted by Crippen LogP contribution is -2.15. The van der Waals surface area contributed by atoms with E-state index in [1.54, 1.807) is 0 Å². The summed E-state index contributed by atoms with van der Waals surface area (Å²) >= 11 is 0. The van der Waals surface area contributed by atoms with Crippen molar-refractivity contribution in [1.82, 2.24) is 9.97 Å². The van der Waals surface area contributed by atoms with E-state index in [0.717, 1.165) is 39.5 Å². The molecule has 0 amide bonds. The van der Waals surface area contributed by atoms with Crippen LogP contribution in [0.2, 0.25) is 0 Å². The summed E-state index contributed by atoms with van der Waals surface area (Å²) in [6.07, 6.45) is 0. The maximum absolute atomic E-state index is 5.21. The van der Waals surface area contributed by atoms with Crippen molar-refractivity contribution >= 4 is 38.6 Å². The monoisotopic (exact) mass is 649 g/mol. The summed E-state index contributed by atoms with van der Waals surface area (Å²) in [5.41, 5.74) is 13.1. The van der Waals surface area contributed by atoms with E-state index in [2.05, 4.69) is 175 Å². The minimum absolute atomic E-state index is 0.706. The van der Waals surface area contributed by atoms with Crippen LogP contribution in [0.3, 0.4) is 0 Å². The van der Waals surface area contributed by atoms with Crippen LogP contribution in [0.15, 0.2) is 188 Å². The van der Waals surface area contributed by atoms with Crippen molar-refractivity contribution in [1.29, 1.82) is 0 Å². The lowest BCUT2D eigenvalue weighted by molar-refractivity contribution is 1.18. The van der Waals surface area contributed by atoms with Crippen molar-refractivity contribution in [2.75, 3.05) is 4.90 Å². The summed E-state index contributed by atoms with van der Waals surface area (Å²) in [5, 5.41) is 4.90. The van der Waals surface area contributed by atoms with Gasteiger partial charge in [-0.1, -0.05) is 152 Å². The van der Waals surface area contributed by atoms with E-state index in [4.69, 9.17) is 9.97 Å². The van der Waals surface area contributed by atoms with E-state index >= 15 is 0 Å². The Balaban J connectivity index is 1.19. The summed E-state index contributed by atoms with van der Waals surface area (Å²) in [6.45, 7) is 0. The van der Waals surface area contributed by atoms with Crippen molar-refractivity contribution < 1.29 is 0 Å². The second-order valence-electron chi connectivity index (χ2n) is 13.0. The Morgan fingerprint density at radius 1 is 0.353 bits per heavy atom. The Morgan fingerprint density at radius 3 is 1.75 bits per heavy atom. The van der Waals surface area contributed by atoms with Gasteiger partial charge in [-0.05, 0) is 69.2 Å². The quantitative estimate of drug-likeness (QED) is 0.186. The fourth-order valence-corrected chi connectivity index (χ4v) is 7.57. The maximum atomic E-state index is 5.21.